The summed E-state index contributed by atoms with van der Waals surface area (Å²) in [7, 11) is 1.58. The van der Waals surface area contributed by atoms with E-state index in [9.17, 15) is 24.6 Å². The Hall–Kier alpha value is -4.58. The third-order valence-corrected chi connectivity index (χ3v) is 8.49. The first-order chi connectivity index (χ1) is 20.4. The summed E-state index contributed by atoms with van der Waals surface area (Å²) >= 11 is 1.61. The van der Waals surface area contributed by atoms with Gasteiger partial charge in [0.25, 0.3) is 0 Å². The van der Waals surface area contributed by atoms with Gasteiger partial charge in [0.1, 0.15) is 45.8 Å². The molecule has 3 aromatic rings. The van der Waals surface area contributed by atoms with E-state index in [1.54, 1.807) is 37.9 Å². The van der Waals surface area contributed by atoms with Gasteiger partial charge in [0.05, 0.1) is 18.2 Å². The molecule has 2 heterocycles. The number of methoxy groups -OCH3 is 1. The number of Topliss-reactive ketones (excluding diaryl/α,β-unsaturated/α-hetero) is 2. The number of phenols is 2. The largest absolute Gasteiger partial charge is 0.507 e. The zero-order valence-corrected chi connectivity index (χ0v) is 25.3. The molecule has 1 aromatic heterocycles. The second-order valence-corrected chi connectivity index (χ2v) is 11.5. The van der Waals surface area contributed by atoms with E-state index in [2.05, 4.69) is 15.5 Å². The van der Waals surface area contributed by atoms with E-state index in [1.165, 1.54) is 26.8 Å². The van der Waals surface area contributed by atoms with Crippen molar-refractivity contribution in [3.63, 3.8) is 0 Å². The van der Waals surface area contributed by atoms with Gasteiger partial charge in [0.2, 0.25) is 11.7 Å². The minimum absolute atomic E-state index is 0.0290. The summed E-state index contributed by atoms with van der Waals surface area (Å²) in [6.07, 6.45) is 3.69. The first-order valence-corrected chi connectivity index (χ1v) is 14.9. The maximum absolute atomic E-state index is 14.2. The summed E-state index contributed by atoms with van der Waals surface area (Å²) in [6.45, 7) is 5.81. The Balaban J connectivity index is 1.54. The van der Waals surface area contributed by atoms with Crippen LogP contribution < -0.4 is 14.8 Å². The number of carbonyl (C=O) groups excluding carboxylic acids is 3. The third-order valence-electron chi connectivity index (χ3n) is 7.85. The molecule has 43 heavy (non-hydrogen) atoms. The highest BCUT2D eigenvalue weighted by Crippen LogP contribution is 2.57. The molecule has 1 aliphatic heterocycles. The zero-order chi connectivity index (χ0) is 31.2. The van der Waals surface area contributed by atoms with Crippen molar-refractivity contribution in [1.29, 1.82) is 0 Å². The highest BCUT2D eigenvalue weighted by Gasteiger charge is 2.56. The van der Waals surface area contributed by atoms with Crippen LogP contribution in [0.4, 0.5) is 0 Å². The summed E-state index contributed by atoms with van der Waals surface area (Å²) in [5, 5.41) is 29.0. The Morgan fingerprint density at radius 2 is 1.86 bits per heavy atom. The second kappa shape index (κ2) is 11.3. The van der Waals surface area contributed by atoms with Gasteiger partial charge in [-0.25, -0.2) is 0 Å². The number of ether oxygens (including phenoxy) is 2. The minimum Gasteiger partial charge on any atom is -0.507 e. The number of rotatable bonds is 9. The van der Waals surface area contributed by atoms with Crippen LogP contribution in [-0.2, 0) is 15.0 Å². The topological polar surface area (TPSA) is 161 Å². The maximum Gasteiger partial charge on any atom is 0.249 e. The van der Waals surface area contributed by atoms with Gasteiger partial charge in [-0.2, -0.15) is 16.7 Å². The van der Waals surface area contributed by atoms with E-state index in [0.29, 0.717) is 18.0 Å². The molecule has 0 bridgehead atoms. The molecule has 0 saturated heterocycles. The quantitative estimate of drug-likeness (QED) is 0.175. The lowest BCUT2D eigenvalue weighted by atomic mass is 9.70. The van der Waals surface area contributed by atoms with Crippen molar-refractivity contribution in [3.8, 4) is 34.4 Å². The molecule has 2 atom stereocenters. The predicted molar refractivity (Wildman–Crippen MR) is 158 cm³/mol. The Morgan fingerprint density at radius 3 is 2.49 bits per heavy atom. The number of ketones is 3. The minimum atomic E-state index is -1.62. The normalized spacial score (nSPS) is 19.3. The van der Waals surface area contributed by atoms with Crippen LogP contribution in [0.2, 0.25) is 0 Å². The van der Waals surface area contributed by atoms with Gasteiger partial charge in [-0.1, -0.05) is 5.16 Å². The number of carbonyl (C=O) groups is 3. The number of thioether (sulfide) groups is 1. The van der Waals surface area contributed by atoms with Crippen molar-refractivity contribution in [2.24, 2.45) is 0 Å². The zero-order valence-electron chi connectivity index (χ0n) is 24.5. The Labute approximate surface area is 252 Å². The molecule has 3 N–H and O–H groups in total. The molecule has 0 saturated carbocycles. The molecule has 2 aromatic carbocycles. The predicted octanol–water partition coefficient (Wildman–Crippen LogP) is 4.71. The van der Waals surface area contributed by atoms with Gasteiger partial charge < -0.3 is 29.5 Å². The highest BCUT2D eigenvalue weighted by atomic mass is 32.2. The molecule has 0 amide bonds. The first-order valence-electron chi connectivity index (χ1n) is 13.5. The summed E-state index contributed by atoms with van der Waals surface area (Å²) < 4.78 is 16.7. The molecule has 0 radical (unpaired) electrons. The average molecular weight is 606 g/mol. The Morgan fingerprint density at radius 1 is 1.16 bits per heavy atom. The van der Waals surface area contributed by atoms with Gasteiger partial charge in [-0.05, 0) is 70.4 Å². The number of hydrogen-bond donors (Lipinski definition) is 3. The summed E-state index contributed by atoms with van der Waals surface area (Å²) in [6, 6.07) is 6.67. The van der Waals surface area contributed by atoms with Crippen molar-refractivity contribution >= 4 is 29.1 Å². The number of phenolic OH excluding ortho intramolecular Hbond substituents is 2. The standard InChI is InChI=1S/C31H31N3O8S/c1-14-25(37)23(16(3)35)27-24(26(14)38)31(4)21(41-27)13-20(36)22(28(31)39)15(2)32-19(11-12-43-6)30-33-29(34-42-30)17-7-9-18(40-5)10-8-17/h7-10,13,19,32,37-38H,11-12H2,1-6H3/b22-15+/t19?,31-/m1/s1. The lowest BCUT2D eigenvalue weighted by molar-refractivity contribution is -0.123. The molecule has 5 rings (SSSR count). The number of aromatic nitrogens is 2. The molecular formula is C31H31N3O8S. The SMILES string of the molecule is COc1ccc(-c2noc(C(CCSC)N/C(C)=C3\C(=O)C=C4Oc5c(C(C)=O)c(O)c(C)c(O)c5[C@]4(C)C3=O)n2)cc1. The molecular weight excluding hydrogens is 574 g/mol. The van der Waals surface area contributed by atoms with Gasteiger partial charge in [-0.15, -0.1) is 0 Å². The van der Waals surface area contributed by atoms with Gasteiger partial charge in [0.15, 0.2) is 17.3 Å². The average Bonchev–Trinajstić information content (AvgIpc) is 3.58. The van der Waals surface area contributed by atoms with Crippen LogP contribution in [0, 0.1) is 6.92 Å². The molecule has 2 aliphatic rings. The lowest BCUT2D eigenvalue weighted by Crippen LogP contribution is -2.41. The number of fused-ring (bicyclic) bond motifs is 3. The van der Waals surface area contributed by atoms with Crippen LogP contribution in [0.25, 0.3) is 11.4 Å². The van der Waals surface area contributed by atoms with E-state index in [0.717, 1.165) is 11.3 Å². The molecule has 0 spiro atoms. The maximum atomic E-state index is 14.2. The molecule has 1 aliphatic carbocycles. The summed E-state index contributed by atoms with van der Waals surface area (Å²) in [5.74, 6) is -0.671. The molecule has 224 valence electrons. The molecule has 0 fully saturated rings. The van der Waals surface area contributed by atoms with Gasteiger partial charge in [0, 0.05) is 22.9 Å². The second-order valence-electron chi connectivity index (χ2n) is 10.5. The number of hydrogen-bond acceptors (Lipinski definition) is 12. The third kappa shape index (κ3) is 4.85. The van der Waals surface area contributed by atoms with E-state index in [1.807, 2.05) is 18.4 Å². The van der Waals surface area contributed by atoms with Crippen LogP contribution in [0.3, 0.4) is 0 Å². The monoisotopic (exact) mass is 605 g/mol. The van der Waals surface area contributed by atoms with E-state index >= 15 is 0 Å². The van der Waals surface area contributed by atoms with E-state index in [4.69, 9.17) is 14.0 Å². The Bertz CT molecular complexity index is 1720. The number of nitrogens with zero attached hydrogens (tertiary/aromatic N) is 2. The highest BCUT2D eigenvalue weighted by molar-refractivity contribution is 7.98. The van der Waals surface area contributed by atoms with Crippen molar-refractivity contribution in [1.82, 2.24) is 15.5 Å². The fourth-order valence-electron chi connectivity index (χ4n) is 5.42. The summed E-state index contributed by atoms with van der Waals surface area (Å²) in [5.41, 5.74) is -0.858. The molecule has 11 nitrogen and oxygen atoms in total. The van der Waals surface area contributed by atoms with Gasteiger partial charge in [-0.3, -0.25) is 14.4 Å². The van der Waals surface area contributed by atoms with Crippen molar-refractivity contribution < 1.29 is 38.6 Å². The van der Waals surface area contributed by atoms with Gasteiger partial charge >= 0.3 is 0 Å². The fourth-order valence-corrected chi connectivity index (χ4v) is 5.89. The molecule has 1 unspecified atom stereocenters. The lowest BCUT2D eigenvalue weighted by Gasteiger charge is -2.29. The van der Waals surface area contributed by atoms with E-state index < -0.39 is 34.6 Å². The number of aromatic hydroxyl groups is 2. The molecule has 12 heteroatoms. The van der Waals surface area contributed by atoms with Crippen LogP contribution in [0.15, 0.2) is 51.9 Å². The van der Waals surface area contributed by atoms with Crippen LogP contribution >= 0.6 is 11.8 Å². The fraction of sp³-hybridized carbons (Fsp3) is 0.323. The number of benzene rings is 2. The van der Waals surface area contributed by atoms with Crippen molar-refractivity contribution in [3.05, 3.63) is 70.0 Å². The van der Waals surface area contributed by atoms with Crippen molar-refractivity contribution in [2.75, 3.05) is 19.1 Å². The van der Waals surface area contributed by atoms with E-state index in [-0.39, 0.29) is 51.1 Å². The Kier molecular flexibility index (Phi) is 7.82. The number of allylic oxidation sites excluding steroid dienone is 4. The van der Waals surface area contributed by atoms with Crippen LogP contribution in [0.1, 0.15) is 60.6 Å². The summed E-state index contributed by atoms with van der Waals surface area (Å²) in [4.78, 5) is 44.6. The first kappa shape index (κ1) is 29.9. The number of nitrogens with one attached hydrogen (secondary N) is 1. The van der Waals surface area contributed by atoms with Crippen LogP contribution in [0.5, 0.6) is 23.0 Å². The van der Waals surface area contributed by atoms with Crippen molar-refractivity contribution in [2.45, 2.75) is 45.6 Å². The van der Waals surface area contributed by atoms with Crippen LogP contribution in [-0.4, -0.2) is 56.8 Å². The smallest absolute Gasteiger partial charge is 0.249 e.